The fraction of sp³-hybridized carbons (Fsp3) is 0.0625. The SMILES string of the molecule is Cc1ccc(-c2ccc(-c3ccc(C(F)(F)Oc4ccc(-c5cc(F)c(F)c(F)c5)c(F)c4)c(F)c3F)cc2)cc1. The van der Waals surface area contributed by atoms with E-state index in [4.69, 9.17) is 0 Å². The van der Waals surface area contributed by atoms with E-state index in [1.165, 1.54) is 12.1 Å². The molecule has 41 heavy (non-hydrogen) atoms. The second kappa shape index (κ2) is 10.7. The highest BCUT2D eigenvalue weighted by Gasteiger charge is 2.39. The van der Waals surface area contributed by atoms with Crippen molar-refractivity contribution >= 4 is 0 Å². The molecule has 0 saturated carbocycles. The largest absolute Gasteiger partial charge is 0.429 e. The summed E-state index contributed by atoms with van der Waals surface area (Å²) in [5.74, 6) is -10.3. The highest BCUT2D eigenvalue weighted by Crippen LogP contribution is 2.38. The van der Waals surface area contributed by atoms with E-state index in [0.717, 1.165) is 34.9 Å². The van der Waals surface area contributed by atoms with Gasteiger partial charge < -0.3 is 4.74 Å². The maximum atomic E-state index is 15.0. The van der Waals surface area contributed by atoms with Crippen molar-refractivity contribution < 1.29 is 39.9 Å². The fourth-order valence-electron chi connectivity index (χ4n) is 4.29. The smallest absolute Gasteiger partial charge is 0.429 e. The van der Waals surface area contributed by atoms with Gasteiger partial charge >= 0.3 is 6.11 Å². The summed E-state index contributed by atoms with van der Waals surface area (Å²) in [5, 5.41) is 0. The molecule has 0 radical (unpaired) electrons. The number of alkyl halides is 2. The Hall–Kier alpha value is -4.66. The molecule has 0 aromatic heterocycles. The Morgan fingerprint density at radius 1 is 0.488 bits per heavy atom. The minimum absolute atomic E-state index is 0.249. The van der Waals surface area contributed by atoms with Crippen molar-refractivity contribution in [3.63, 3.8) is 0 Å². The summed E-state index contributed by atoms with van der Waals surface area (Å²) in [6.45, 7) is 1.94. The van der Waals surface area contributed by atoms with Crippen molar-refractivity contribution in [2.24, 2.45) is 0 Å². The molecule has 0 saturated heterocycles. The molecule has 0 fully saturated rings. The van der Waals surface area contributed by atoms with Crippen LogP contribution in [0.4, 0.5) is 35.1 Å². The lowest BCUT2D eigenvalue weighted by molar-refractivity contribution is -0.187. The summed E-state index contributed by atoms with van der Waals surface area (Å²) in [4.78, 5) is 0. The summed E-state index contributed by atoms with van der Waals surface area (Å²) < 4.78 is 119. The van der Waals surface area contributed by atoms with Crippen molar-refractivity contribution in [1.29, 1.82) is 0 Å². The summed E-state index contributed by atoms with van der Waals surface area (Å²) in [6, 6.07) is 19.0. The molecule has 0 amide bonds. The van der Waals surface area contributed by atoms with Crippen LogP contribution in [0.1, 0.15) is 11.1 Å². The van der Waals surface area contributed by atoms with Gasteiger partial charge in [0.25, 0.3) is 0 Å². The summed E-state index contributed by atoms with van der Waals surface area (Å²) >= 11 is 0. The van der Waals surface area contributed by atoms with Gasteiger partial charge in [0.05, 0.1) is 0 Å². The van der Waals surface area contributed by atoms with Gasteiger partial charge in [-0.3, -0.25) is 0 Å². The monoisotopic (exact) mass is 570 g/mol. The van der Waals surface area contributed by atoms with Crippen LogP contribution in [-0.2, 0) is 6.11 Å². The molecule has 0 aliphatic heterocycles. The molecular weight excluding hydrogens is 552 g/mol. The van der Waals surface area contributed by atoms with Crippen LogP contribution in [-0.4, -0.2) is 0 Å². The first-order valence-electron chi connectivity index (χ1n) is 12.1. The van der Waals surface area contributed by atoms with Gasteiger partial charge in [0.15, 0.2) is 29.1 Å². The fourth-order valence-corrected chi connectivity index (χ4v) is 4.29. The first-order valence-corrected chi connectivity index (χ1v) is 12.1. The molecule has 0 atom stereocenters. The standard InChI is InChI=1S/C32H18F8O/c1-17-2-4-18(5-3-17)19-6-8-20(9-7-19)24-12-13-25(30(37)29(24)36)32(39,40)41-22-10-11-23(26(33)16-22)21-14-27(34)31(38)28(35)15-21/h2-16H,1H3. The van der Waals surface area contributed by atoms with Gasteiger partial charge in [-0.1, -0.05) is 60.2 Å². The van der Waals surface area contributed by atoms with Gasteiger partial charge in [-0.25, -0.2) is 26.3 Å². The Kier molecular flexibility index (Phi) is 7.29. The predicted octanol–water partition coefficient (Wildman–Crippen LogP) is 9.96. The molecule has 0 unspecified atom stereocenters. The van der Waals surface area contributed by atoms with Crippen LogP contribution < -0.4 is 4.74 Å². The molecule has 0 aliphatic rings. The molecule has 5 aromatic rings. The predicted molar refractivity (Wildman–Crippen MR) is 138 cm³/mol. The maximum absolute atomic E-state index is 15.0. The zero-order chi connectivity index (χ0) is 29.5. The first-order chi connectivity index (χ1) is 19.4. The van der Waals surface area contributed by atoms with E-state index in [9.17, 15) is 35.1 Å². The number of aryl methyl sites for hydroxylation is 1. The molecule has 5 aromatic carbocycles. The van der Waals surface area contributed by atoms with Crippen molar-refractivity contribution in [1.82, 2.24) is 0 Å². The van der Waals surface area contributed by atoms with Crippen molar-refractivity contribution in [2.45, 2.75) is 13.0 Å². The molecule has 1 nitrogen and oxygen atoms in total. The minimum Gasteiger partial charge on any atom is -0.429 e. The number of halogens is 8. The molecular formula is C32H18F8O. The van der Waals surface area contributed by atoms with Gasteiger partial charge in [0.1, 0.15) is 17.1 Å². The maximum Gasteiger partial charge on any atom is 0.429 e. The Morgan fingerprint density at radius 2 is 1.02 bits per heavy atom. The third-order valence-electron chi connectivity index (χ3n) is 6.46. The van der Waals surface area contributed by atoms with E-state index in [0.29, 0.717) is 24.3 Å². The Bertz CT molecular complexity index is 1720. The molecule has 0 aliphatic carbocycles. The van der Waals surface area contributed by atoms with Crippen LogP contribution in [0.2, 0.25) is 0 Å². The summed E-state index contributed by atoms with van der Waals surface area (Å²) in [6.07, 6.45) is -4.43. The van der Waals surface area contributed by atoms with Crippen LogP contribution in [0, 0.1) is 41.8 Å². The van der Waals surface area contributed by atoms with Gasteiger partial charge in [-0.15, -0.1) is 0 Å². The molecule has 9 heteroatoms. The van der Waals surface area contributed by atoms with Crippen LogP contribution in [0.25, 0.3) is 33.4 Å². The van der Waals surface area contributed by atoms with Crippen molar-refractivity contribution in [3.8, 4) is 39.1 Å². The Morgan fingerprint density at radius 3 is 1.61 bits per heavy atom. The van der Waals surface area contributed by atoms with Gasteiger partial charge in [-0.05, 0) is 59.5 Å². The second-order valence-corrected chi connectivity index (χ2v) is 9.25. The van der Waals surface area contributed by atoms with E-state index in [2.05, 4.69) is 4.74 Å². The normalized spacial score (nSPS) is 11.5. The summed E-state index contributed by atoms with van der Waals surface area (Å²) in [5.41, 5.74) is 0.528. The quantitative estimate of drug-likeness (QED) is 0.146. The van der Waals surface area contributed by atoms with Gasteiger partial charge in [0.2, 0.25) is 0 Å². The second-order valence-electron chi connectivity index (χ2n) is 9.25. The minimum atomic E-state index is -4.43. The lowest BCUT2D eigenvalue weighted by Gasteiger charge is -2.20. The number of rotatable bonds is 6. The van der Waals surface area contributed by atoms with E-state index in [-0.39, 0.29) is 11.1 Å². The van der Waals surface area contributed by atoms with Gasteiger partial charge in [-0.2, -0.15) is 8.78 Å². The Labute approximate surface area is 229 Å². The molecule has 0 bridgehead atoms. The zero-order valence-electron chi connectivity index (χ0n) is 21.1. The lowest BCUT2D eigenvalue weighted by atomic mass is 9.98. The summed E-state index contributed by atoms with van der Waals surface area (Å²) in [7, 11) is 0. The van der Waals surface area contributed by atoms with E-state index < -0.39 is 63.5 Å². The number of hydrogen-bond acceptors (Lipinski definition) is 1. The van der Waals surface area contributed by atoms with E-state index in [1.54, 1.807) is 12.1 Å². The number of hydrogen-bond donors (Lipinski definition) is 0. The van der Waals surface area contributed by atoms with Crippen LogP contribution >= 0.6 is 0 Å². The number of benzene rings is 5. The van der Waals surface area contributed by atoms with Crippen molar-refractivity contribution in [2.75, 3.05) is 0 Å². The van der Waals surface area contributed by atoms with Crippen LogP contribution in [0.5, 0.6) is 5.75 Å². The highest BCUT2D eigenvalue weighted by atomic mass is 19.3. The van der Waals surface area contributed by atoms with Crippen LogP contribution in [0.15, 0.2) is 91.0 Å². The van der Waals surface area contributed by atoms with Gasteiger partial charge in [0, 0.05) is 17.2 Å². The van der Waals surface area contributed by atoms with Crippen LogP contribution in [0.3, 0.4) is 0 Å². The molecule has 5 rings (SSSR count). The average Bonchev–Trinajstić information content (AvgIpc) is 2.93. The third-order valence-corrected chi connectivity index (χ3v) is 6.46. The van der Waals surface area contributed by atoms with E-state index >= 15 is 0 Å². The third kappa shape index (κ3) is 5.52. The Balaban J connectivity index is 1.39. The molecule has 208 valence electrons. The first kappa shape index (κ1) is 27.9. The van der Waals surface area contributed by atoms with E-state index in [1.807, 2.05) is 31.2 Å². The molecule has 0 spiro atoms. The zero-order valence-corrected chi connectivity index (χ0v) is 21.1. The average molecular weight is 570 g/mol. The topological polar surface area (TPSA) is 9.23 Å². The highest BCUT2D eigenvalue weighted by molar-refractivity contribution is 5.71. The lowest BCUT2D eigenvalue weighted by Crippen LogP contribution is -2.24. The number of ether oxygens (including phenoxy) is 1. The van der Waals surface area contributed by atoms with Crippen molar-refractivity contribution in [3.05, 3.63) is 137 Å². The molecule has 0 heterocycles. The molecule has 0 N–H and O–H groups in total.